The van der Waals surface area contributed by atoms with E-state index in [1.165, 1.54) is 0 Å². The van der Waals surface area contributed by atoms with Crippen LogP contribution in [0.2, 0.25) is 0 Å². The largest absolute Gasteiger partial charge is 0.512 e. The standard InChI is InChI=1S/C8H12O2/c1-5-6(9)4-8(2,3)7(5)10/h9H,4H2,1-3H3. The number of Topliss-reactive ketones (excluding diaryl/α,β-unsaturated/α-hetero) is 1. The molecule has 1 aliphatic carbocycles. The molecule has 0 spiro atoms. The van der Waals surface area contributed by atoms with Crippen molar-refractivity contribution in [2.75, 3.05) is 0 Å². The normalized spacial score (nSPS) is 24.1. The Kier molecular flexibility index (Phi) is 1.35. The van der Waals surface area contributed by atoms with Gasteiger partial charge in [0.25, 0.3) is 0 Å². The maximum Gasteiger partial charge on any atom is 0.167 e. The summed E-state index contributed by atoms with van der Waals surface area (Å²) < 4.78 is 0. The average Bonchev–Trinajstić information content (AvgIpc) is 1.95. The predicted octanol–water partition coefficient (Wildman–Crippen LogP) is 1.82. The lowest BCUT2D eigenvalue weighted by Crippen LogP contribution is -2.18. The monoisotopic (exact) mass is 140 g/mol. The first kappa shape index (κ1) is 7.32. The van der Waals surface area contributed by atoms with Crippen LogP contribution in [0.25, 0.3) is 0 Å². The highest BCUT2D eigenvalue weighted by Crippen LogP contribution is 2.36. The molecule has 2 nitrogen and oxygen atoms in total. The van der Waals surface area contributed by atoms with Gasteiger partial charge in [0.1, 0.15) is 0 Å². The van der Waals surface area contributed by atoms with Crippen LogP contribution in [0.1, 0.15) is 27.2 Å². The van der Waals surface area contributed by atoms with E-state index in [2.05, 4.69) is 0 Å². The average molecular weight is 140 g/mol. The Hall–Kier alpha value is -0.790. The fourth-order valence-electron chi connectivity index (χ4n) is 1.27. The highest BCUT2D eigenvalue weighted by molar-refractivity contribution is 6.01. The van der Waals surface area contributed by atoms with Crippen LogP contribution in [0.3, 0.4) is 0 Å². The second kappa shape index (κ2) is 1.84. The van der Waals surface area contributed by atoms with Gasteiger partial charge in [0.2, 0.25) is 0 Å². The van der Waals surface area contributed by atoms with Gasteiger partial charge in [-0.25, -0.2) is 0 Å². The molecule has 10 heavy (non-hydrogen) atoms. The van der Waals surface area contributed by atoms with Gasteiger partial charge in [-0.1, -0.05) is 13.8 Å². The Balaban J connectivity index is 2.99. The molecule has 0 aromatic heterocycles. The van der Waals surface area contributed by atoms with Crippen molar-refractivity contribution in [2.24, 2.45) is 5.41 Å². The molecule has 0 unspecified atom stereocenters. The third-order valence-corrected chi connectivity index (χ3v) is 2.00. The summed E-state index contributed by atoms with van der Waals surface area (Å²) in [6, 6.07) is 0. The molecule has 0 atom stereocenters. The van der Waals surface area contributed by atoms with Crippen molar-refractivity contribution in [1.29, 1.82) is 0 Å². The van der Waals surface area contributed by atoms with Crippen molar-refractivity contribution < 1.29 is 9.90 Å². The molecule has 56 valence electrons. The molecule has 0 aromatic carbocycles. The van der Waals surface area contributed by atoms with Crippen LogP contribution in [-0.2, 0) is 4.79 Å². The van der Waals surface area contributed by atoms with Gasteiger partial charge in [0.15, 0.2) is 5.78 Å². The topological polar surface area (TPSA) is 37.3 Å². The van der Waals surface area contributed by atoms with Crippen LogP contribution < -0.4 is 0 Å². The molecular formula is C8H12O2. The quantitative estimate of drug-likeness (QED) is 0.557. The first-order chi connectivity index (χ1) is 4.45. The van der Waals surface area contributed by atoms with E-state index in [1.54, 1.807) is 6.92 Å². The van der Waals surface area contributed by atoms with Crippen LogP contribution in [0.15, 0.2) is 11.3 Å². The summed E-state index contributed by atoms with van der Waals surface area (Å²) in [4.78, 5) is 11.2. The van der Waals surface area contributed by atoms with Crippen molar-refractivity contribution in [3.05, 3.63) is 11.3 Å². The maximum absolute atomic E-state index is 11.2. The summed E-state index contributed by atoms with van der Waals surface area (Å²) >= 11 is 0. The molecule has 0 saturated carbocycles. The molecule has 0 aliphatic heterocycles. The van der Waals surface area contributed by atoms with Gasteiger partial charge in [0.05, 0.1) is 5.76 Å². The summed E-state index contributed by atoms with van der Waals surface area (Å²) in [5.74, 6) is 0.333. The van der Waals surface area contributed by atoms with Gasteiger partial charge < -0.3 is 5.11 Å². The summed E-state index contributed by atoms with van der Waals surface area (Å²) in [5, 5.41) is 9.16. The summed E-state index contributed by atoms with van der Waals surface area (Å²) in [5.41, 5.74) is 0.166. The van der Waals surface area contributed by atoms with Crippen molar-refractivity contribution in [2.45, 2.75) is 27.2 Å². The highest BCUT2D eigenvalue weighted by atomic mass is 16.3. The number of carbonyl (C=O) groups is 1. The first-order valence-electron chi connectivity index (χ1n) is 3.38. The van der Waals surface area contributed by atoms with Gasteiger partial charge in [-0.2, -0.15) is 0 Å². The molecule has 0 heterocycles. The highest BCUT2D eigenvalue weighted by Gasteiger charge is 2.37. The summed E-state index contributed by atoms with van der Waals surface area (Å²) in [7, 11) is 0. The summed E-state index contributed by atoms with van der Waals surface area (Å²) in [6.07, 6.45) is 0.498. The third-order valence-electron chi connectivity index (χ3n) is 2.00. The van der Waals surface area contributed by atoms with E-state index >= 15 is 0 Å². The van der Waals surface area contributed by atoms with Crippen LogP contribution in [0.5, 0.6) is 0 Å². The molecule has 0 bridgehead atoms. The van der Waals surface area contributed by atoms with E-state index < -0.39 is 0 Å². The molecule has 0 saturated heterocycles. The molecule has 0 amide bonds. The van der Waals surface area contributed by atoms with Crippen molar-refractivity contribution in [1.82, 2.24) is 0 Å². The zero-order chi connectivity index (χ0) is 7.94. The van der Waals surface area contributed by atoms with Crippen molar-refractivity contribution >= 4 is 5.78 Å². The number of hydrogen-bond acceptors (Lipinski definition) is 2. The fourth-order valence-corrected chi connectivity index (χ4v) is 1.27. The molecule has 0 aromatic rings. The Morgan fingerprint density at radius 2 is 2.00 bits per heavy atom. The zero-order valence-electron chi connectivity index (χ0n) is 6.56. The number of hydrogen-bond donors (Lipinski definition) is 1. The molecule has 1 rings (SSSR count). The molecule has 0 radical (unpaired) electrons. The van der Waals surface area contributed by atoms with Crippen LogP contribution in [0.4, 0.5) is 0 Å². The van der Waals surface area contributed by atoms with E-state index in [0.717, 1.165) is 0 Å². The lowest BCUT2D eigenvalue weighted by atomic mass is 9.88. The summed E-state index contributed by atoms with van der Waals surface area (Å²) in [6.45, 7) is 5.37. The van der Waals surface area contributed by atoms with E-state index in [9.17, 15) is 4.79 Å². The second-order valence-electron chi connectivity index (χ2n) is 3.46. The van der Waals surface area contributed by atoms with Gasteiger partial charge in [-0.3, -0.25) is 4.79 Å². The molecule has 1 aliphatic rings. The van der Waals surface area contributed by atoms with Gasteiger partial charge in [0, 0.05) is 17.4 Å². The Bertz CT molecular complexity index is 211. The van der Waals surface area contributed by atoms with Crippen LogP contribution in [-0.4, -0.2) is 10.9 Å². The minimum Gasteiger partial charge on any atom is -0.512 e. The van der Waals surface area contributed by atoms with E-state index in [0.29, 0.717) is 12.0 Å². The number of aliphatic hydroxyl groups is 1. The minimum absolute atomic E-state index is 0.0741. The molecule has 1 N–H and O–H groups in total. The van der Waals surface area contributed by atoms with Gasteiger partial charge >= 0.3 is 0 Å². The smallest absolute Gasteiger partial charge is 0.167 e. The zero-order valence-corrected chi connectivity index (χ0v) is 6.56. The van der Waals surface area contributed by atoms with Crippen LogP contribution >= 0.6 is 0 Å². The molecule has 0 fully saturated rings. The van der Waals surface area contributed by atoms with Crippen LogP contribution in [0, 0.1) is 5.41 Å². The number of carbonyl (C=O) groups excluding carboxylic acids is 1. The second-order valence-corrected chi connectivity index (χ2v) is 3.46. The predicted molar refractivity (Wildman–Crippen MR) is 38.7 cm³/mol. The van der Waals surface area contributed by atoms with E-state index in [1.807, 2.05) is 13.8 Å². The number of aliphatic hydroxyl groups excluding tert-OH is 1. The van der Waals surface area contributed by atoms with E-state index in [-0.39, 0.29) is 17.0 Å². The molecule has 2 heteroatoms. The van der Waals surface area contributed by atoms with E-state index in [4.69, 9.17) is 5.11 Å². The Labute approximate surface area is 60.6 Å². The lowest BCUT2D eigenvalue weighted by Gasteiger charge is -2.13. The lowest BCUT2D eigenvalue weighted by molar-refractivity contribution is -0.122. The molecular weight excluding hydrogens is 128 g/mol. The van der Waals surface area contributed by atoms with Gasteiger partial charge in [-0.15, -0.1) is 0 Å². The Morgan fingerprint density at radius 3 is 2.10 bits per heavy atom. The maximum atomic E-state index is 11.2. The SMILES string of the molecule is CC1=C(O)CC(C)(C)C1=O. The first-order valence-corrected chi connectivity index (χ1v) is 3.38. The minimum atomic E-state index is -0.367. The Morgan fingerprint density at radius 1 is 1.50 bits per heavy atom. The number of rotatable bonds is 0. The van der Waals surface area contributed by atoms with Gasteiger partial charge in [-0.05, 0) is 6.92 Å². The third kappa shape index (κ3) is 0.838. The van der Waals surface area contributed by atoms with Crippen molar-refractivity contribution in [3.63, 3.8) is 0 Å². The number of allylic oxidation sites excluding steroid dienone is 2. The fraction of sp³-hybridized carbons (Fsp3) is 0.625. The number of ketones is 1. The van der Waals surface area contributed by atoms with Crippen molar-refractivity contribution in [3.8, 4) is 0 Å².